The highest BCUT2D eigenvalue weighted by Crippen LogP contribution is 2.29. The minimum atomic E-state index is -0.901. The lowest BCUT2D eigenvalue weighted by atomic mass is 9.97. The third-order valence-corrected chi connectivity index (χ3v) is 3.47. The summed E-state index contributed by atoms with van der Waals surface area (Å²) in [6.45, 7) is 1.57. The number of hydrogen-bond acceptors (Lipinski definition) is 2. The quantitative estimate of drug-likeness (QED) is 0.657. The van der Waals surface area contributed by atoms with E-state index in [1.807, 2.05) is 0 Å². The fraction of sp³-hybridized carbons (Fsp3) is 0.143. The van der Waals surface area contributed by atoms with Crippen LogP contribution in [0.3, 0.4) is 0 Å². The van der Waals surface area contributed by atoms with Gasteiger partial charge in [-0.05, 0) is 36.2 Å². The summed E-state index contributed by atoms with van der Waals surface area (Å²) in [5.74, 6) is 3.56. The van der Waals surface area contributed by atoms with E-state index in [1.54, 1.807) is 6.92 Å². The van der Waals surface area contributed by atoms with Crippen LogP contribution in [0, 0.1) is 24.4 Å². The average molecular weight is 345 g/mol. The summed E-state index contributed by atoms with van der Waals surface area (Å²) in [5, 5.41) is 0. The fourth-order valence-corrected chi connectivity index (χ4v) is 2.42. The van der Waals surface area contributed by atoms with Crippen LogP contribution in [-0.2, 0) is 0 Å². The molecule has 0 amide bonds. The second kappa shape index (κ2) is 5.95. The molecule has 2 nitrogen and oxygen atoms in total. The van der Waals surface area contributed by atoms with Crippen LogP contribution >= 0.6 is 15.9 Å². The molecular weight excluding hydrogens is 333 g/mol. The van der Waals surface area contributed by atoms with Crippen LogP contribution in [0.15, 0.2) is 34.8 Å². The topological polar surface area (TPSA) is 38.0 Å². The van der Waals surface area contributed by atoms with Gasteiger partial charge in [0.2, 0.25) is 0 Å². The Bertz CT molecular complexity index is 623. The fourth-order valence-electron chi connectivity index (χ4n) is 2.02. The number of hydrogen-bond donors (Lipinski definition) is 2. The van der Waals surface area contributed by atoms with Crippen molar-refractivity contribution in [3.8, 4) is 0 Å². The van der Waals surface area contributed by atoms with E-state index in [0.717, 1.165) is 12.1 Å². The highest BCUT2D eigenvalue weighted by atomic mass is 79.9. The van der Waals surface area contributed by atoms with Gasteiger partial charge >= 0.3 is 0 Å². The van der Waals surface area contributed by atoms with Crippen LogP contribution in [0.5, 0.6) is 0 Å². The van der Waals surface area contributed by atoms with Crippen LogP contribution < -0.4 is 11.3 Å². The highest BCUT2D eigenvalue weighted by Gasteiger charge is 2.22. The van der Waals surface area contributed by atoms with Gasteiger partial charge in [0.1, 0.15) is 17.5 Å². The summed E-state index contributed by atoms with van der Waals surface area (Å²) in [4.78, 5) is 0. The lowest BCUT2D eigenvalue weighted by molar-refractivity contribution is 0.509. The maximum atomic E-state index is 14.0. The minimum absolute atomic E-state index is 0.207. The number of nitrogens with one attached hydrogen (secondary N) is 1. The summed E-state index contributed by atoms with van der Waals surface area (Å²) in [6, 6.07) is 5.58. The molecule has 0 radical (unpaired) electrons. The maximum Gasteiger partial charge on any atom is 0.132 e. The van der Waals surface area contributed by atoms with Crippen molar-refractivity contribution in [3.63, 3.8) is 0 Å². The van der Waals surface area contributed by atoms with Gasteiger partial charge in [-0.15, -0.1) is 0 Å². The van der Waals surface area contributed by atoms with Crippen LogP contribution in [0.4, 0.5) is 13.2 Å². The molecule has 0 bridgehead atoms. The first-order valence-corrected chi connectivity index (χ1v) is 6.60. The lowest BCUT2D eigenvalue weighted by Gasteiger charge is -2.19. The van der Waals surface area contributed by atoms with Crippen LogP contribution in [0.2, 0.25) is 0 Å². The molecule has 0 spiro atoms. The molecule has 6 heteroatoms. The van der Waals surface area contributed by atoms with E-state index in [4.69, 9.17) is 5.84 Å². The molecule has 106 valence electrons. The largest absolute Gasteiger partial charge is 0.271 e. The number of halogens is 4. The smallest absolute Gasteiger partial charge is 0.132 e. The molecule has 0 aliphatic heterocycles. The first-order chi connectivity index (χ1) is 9.43. The van der Waals surface area contributed by atoms with Crippen LogP contribution in [0.25, 0.3) is 0 Å². The summed E-state index contributed by atoms with van der Waals surface area (Å²) in [7, 11) is 0. The third-order valence-electron chi connectivity index (χ3n) is 3.01. The van der Waals surface area contributed by atoms with Gasteiger partial charge in [0.05, 0.1) is 6.04 Å². The molecule has 0 heterocycles. The molecule has 0 aliphatic rings. The summed E-state index contributed by atoms with van der Waals surface area (Å²) in [6.07, 6.45) is 0. The Morgan fingerprint density at radius 2 is 1.65 bits per heavy atom. The second-order valence-corrected chi connectivity index (χ2v) is 5.31. The normalized spacial score (nSPS) is 12.5. The molecule has 2 rings (SSSR count). The Morgan fingerprint density at radius 1 is 1.05 bits per heavy atom. The molecule has 20 heavy (non-hydrogen) atoms. The number of nitrogens with two attached hydrogens (primary N) is 1. The van der Waals surface area contributed by atoms with Gasteiger partial charge in [-0.25, -0.2) is 18.6 Å². The molecule has 2 aromatic rings. The predicted molar refractivity (Wildman–Crippen MR) is 74.4 cm³/mol. The second-order valence-electron chi connectivity index (χ2n) is 4.39. The molecule has 1 unspecified atom stereocenters. The van der Waals surface area contributed by atoms with E-state index in [0.29, 0.717) is 15.6 Å². The number of aryl methyl sites for hydroxylation is 1. The summed E-state index contributed by atoms with van der Waals surface area (Å²) in [5.41, 5.74) is 3.01. The van der Waals surface area contributed by atoms with Crippen molar-refractivity contribution < 1.29 is 13.2 Å². The van der Waals surface area contributed by atoms with Gasteiger partial charge < -0.3 is 0 Å². The summed E-state index contributed by atoms with van der Waals surface area (Å²) < 4.78 is 41.5. The molecule has 3 N–H and O–H groups in total. The molecule has 0 fully saturated rings. The van der Waals surface area contributed by atoms with Crippen molar-refractivity contribution in [2.75, 3.05) is 0 Å². The van der Waals surface area contributed by atoms with Gasteiger partial charge in [0.15, 0.2) is 0 Å². The molecule has 0 aliphatic carbocycles. The first-order valence-electron chi connectivity index (χ1n) is 5.80. The van der Waals surface area contributed by atoms with E-state index in [1.165, 1.54) is 18.2 Å². The van der Waals surface area contributed by atoms with Gasteiger partial charge in [0, 0.05) is 10.0 Å². The predicted octanol–water partition coefficient (Wildman–Crippen LogP) is 3.73. The zero-order valence-electron chi connectivity index (χ0n) is 10.6. The first kappa shape index (κ1) is 15.0. The minimum Gasteiger partial charge on any atom is -0.271 e. The zero-order valence-corrected chi connectivity index (χ0v) is 12.1. The average Bonchev–Trinajstić information content (AvgIpc) is 2.37. The van der Waals surface area contributed by atoms with Crippen molar-refractivity contribution in [1.29, 1.82) is 0 Å². The third kappa shape index (κ3) is 2.87. The van der Waals surface area contributed by atoms with E-state index < -0.39 is 17.7 Å². The Morgan fingerprint density at radius 3 is 2.15 bits per heavy atom. The maximum absolute atomic E-state index is 14.0. The molecule has 0 saturated carbocycles. The zero-order chi connectivity index (χ0) is 14.9. The summed E-state index contributed by atoms with van der Waals surface area (Å²) >= 11 is 3.01. The van der Waals surface area contributed by atoms with Gasteiger partial charge in [0.25, 0.3) is 0 Å². The van der Waals surface area contributed by atoms with Gasteiger partial charge in [-0.2, -0.15) is 0 Å². The number of hydrazine groups is 1. The number of benzene rings is 2. The van der Waals surface area contributed by atoms with E-state index >= 15 is 0 Å². The number of rotatable bonds is 3. The molecular formula is C14H12BrF3N2. The monoisotopic (exact) mass is 344 g/mol. The molecule has 1 atom stereocenters. The van der Waals surface area contributed by atoms with Crippen LogP contribution in [-0.4, -0.2) is 0 Å². The SMILES string of the molecule is Cc1cc(C(NN)c2c(F)cc(Br)cc2F)ccc1F. The molecule has 2 aromatic carbocycles. The molecule has 0 aromatic heterocycles. The van der Waals surface area contributed by atoms with Gasteiger partial charge in [-0.3, -0.25) is 5.84 Å². The Labute approximate surface area is 122 Å². The Hall–Kier alpha value is -1.37. The van der Waals surface area contributed by atoms with E-state index in [2.05, 4.69) is 21.4 Å². The van der Waals surface area contributed by atoms with E-state index in [-0.39, 0.29) is 11.4 Å². The van der Waals surface area contributed by atoms with Crippen molar-refractivity contribution in [3.05, 3.63) is 68.9 Å². The standard InChI is InChI=1S/C14H12BrF3N2/c1-7-4-8(2-3-10(7)16)14(20-19)13-11(17)5-9(15)6-12(13)18/h2-6,14,20H,19H2,1H3. The van der Waals surface area contributed by atoms with Crippen molar-refractivity contribution in [2.45, 2.75) is 13.0 Å². The molecule has 0 saturated heterocycles. The van der Waals surface area contributed by atoms with Crippen molar-refractivity contribution in [1.82, 2.24) is 5.43 Å². The highest BCUT2D eigenvalue weighted by molar-refractivity contribution is 9.10. The Balaban J connectivity index is 2.55. The lowest BCUT2D eigenvalue weighted by Crippen LogP contribution is -2.30. The van der Waals surface area contributed by atoms with Crippen molar-refractivity contribution >= 4 is 15.9 Å². The van der Waals surface area contributed by atoms with E-state index in [9.17, 15) is 13.2 Å². The van der Waals surface area contributed by atoms with Crippen LogP contribution in [0.1, 0.15) is 22.7 Å². The van der Waals surface area contributed by atoms with Gasteiger partial charge in [-0.1, -0.05) is 28.1 Å². The Kier molecular flexibility index (Phi) is 4.47. The van der Waals surface area contributed by atoms with Crippen molar-refractivity contribution in [2.24, 2.45) is 5.84 Å².